The molecule has 1 N–H and O–H groups in total. The number of carbonyl (C=O) groups is 2. The summed E-state index contributed by atoms with van der Waals surface area (Å²) < 4.78 is 5.36. The molecule has 0 spiro atoms. The molecule has 134 valence electrons. The van der Waals surface area contributed by atoms with Crippen molar-refractivity contribution in [1.29, 1.82) is 0 Å². The maximum Gasteiger partial charge on any atom is 0.295 e. The van der Waals surface area contributed by atoms with E-state index in [1.165, 1.54) is 0 Å². The molecule has 0 atom stereocenters. The first-order valence-corrected chi connectivity index (χ1v) is 9.01. The summed E-state index contributed by atoms with van der Waals surface area (Å²) in [5, 5.41) is 4.85. The standard InChI is InChI=1S/C20H21N3O3/c1-3-14-16(12(2)26-22-14)18-17(13-8-4-5-9-15(13)21-18)19(24)20(25)23-10-6-7-11-23/h4-5,8-9,21H,3,6-7,10-11H2,1-2H3. The number of aryl methyl sites for hydroxylation is 2. The number of aromatic amines is 1. The van der Waals surface area contributed by atoms with Gasteiger partial charge in [0.2, 0.25) is 0 Å². The lowest BCUT2D eigenvalue weighted by molar-refractivity contribution is -0.125. The Morgan fingerprint density at radius 3 is 2.69 bits per heavy atom. The molecule has 1 aliphatic rings. The second-order valence-corrected chi connectivity index (χ2v) is 6.66. The fourth-order valence-electron chi connectivity index (χ4n) is 3.72. The molecule has 0 radical (unpaired) electrons. The monoisotopic (exact) mass is 351 g/mol. The van der Waals surface area contributed by atoms with Crippen LogP contribution in [0.1, 0.15) is 41.6 Å². The van der Waals surface area contributed by atoms with E-state index in [-0.39, 0.29) is 0 Å². The number of ketones is 1. The van der Waals surface area contributed by atoms with Crippen molar-refractivity contribution >= 4 is 22.6 Å². The van der Waals surface area contributed by atoms with Crippen molar-refractivity contribution < 1.29 is 14.1 Å². The van der Waals surface area contributed by atoms with Crippen molar-refractivity contribution in [2.45, 2.75) is 33.1 Å². The van der Waals surface area contributed by atoms with E-state index in [4.69, 9.17) is 4.52 Å². The van der Waals surface area contributed by atoms with Gasteiger partial charge in [0.25, 0.3) is 11.7 Å². The highest BCUT2D eigenvalue weighted by Gasteiger charge is 2.31. The molecule has 26 heavy (non-hydrogen) atoms. The van der Waals surface area contributed by atoms with Crippen LogP contribution < -0.4 is 0 Å². The molecule has 6 nitrogen and oxygen atoms in total. The highest BCUT2D eigenvalue weighted by atomic mass is 16.5. The van der Waals surface area contributed by atoms with E-state index in [1.807, 2.05) is 38.1 Å². The first-order chi connectivity index (χ1) is 12.6. The van der Waals surface area contributed by atoms with Crippen LogP contribution in [0.4, 0.5) is 0 Å². The molecule has 2 aromatic heterocycles. The third kappa shape index (κ3) is 2.53. The Kier molecular flexibility index (Phi) is 4.11. The quantitative estimate of drug-likeness (QED) is 0.576. The molecule has 6 heteroatoms. The van der Waals surface area contributed by atoms with Crippen molar-refractivity contribution in [1.82, 2.24) is 15.0 Å². The largest absolute Gasteiger partial charge is 0.361 e. The zero-order chi connectivity index (χ0) is 18.3. The minimum absolute atomic E-state index is 0.415. The minimum atomic E-state index is -0.470. The van der Waals surface area contributed by atoms with E-state index < -0.39 is 11.7 Å². The summed E-state index contributed by atoms with van der Waals surface area (Å²) in [5.41, 5.74) is 3.42. The number of nitrogens with one attached hydrogen (secondary N) is 1. The maximum atomic E-state index is 13.2. The van der Waals surface area contributed by atoms with Gasteiger partial charge < -0.3 is 14.4 Å². The van der Waals surface area contributed by atoms with Crippen LogP contribution >= 0.6 is 0 Å². The van der Waals surface area contributed by atoms with Gasteiger partial charge in [-0.3, -0.25) is 9.59 Å². The zero-order valence-corrected chi connectivity index (χ0v) is 15.0. The van der Waals surface area contributed by atoms with Crippen LogP contribution in [0.25, 0.3) is 22.2 Å². The van der Waals surface area contributed by atoms with Crippen molar-refractivity contribution in [3.05, 3.63) is 41.3 Å². The Morgan fingerprint density at radius 2 is 1.96 bits per heavy atom. The van der Waals surface area contributed by atoms with Gasteiger partial charge in [0.05, 0.1) is 22.5 Å². The van der Waals surface area contributed by atoms with Crippen LogP contribution in [0.2, 0.25) is 0 Å². The summed E-state index contributed by atoms with van der Waals surface area (Å²) in [6.07, 6.45) is 2.57. The summed E-state index contributed by atoms with van der Waals surface area (Å²) in [4.78, 5) is 30.9. The van der Waals surface area contributed by atoms with Crippen LogP contribution in [0, 0.1) is 6.92 Å². The minimum Gasteiger partial charge on any atom is -0.361 e. The van der Waals surface area contributed by atoms with Gasteiger partial charge in [-0.2, -0.15) is 0 Å². The van der Waals surface area contributed by atoms with Crippen LogP contribution in [-0.2, 0) is 11.2 Å². The fraction of sp³-hybridized carbons (Fsp3) is 0.350. The first-order valence-electron chi connectivity index (χ1n) is 9.01. The van der Waals surface area contributed by atoms with Gasteiger partial charge in [0.15, 0.2) is 0 Å². The molecule has 1 saturated heterocycles. The third-order valence-electron chi connectivity index (χ3n) is 5.04. The Morgan fingerprint density at radius 1 is 1.23 bits per heavy atom. The number of Topliss-reactive ketones (excluding diaryl/α,β-unsaturated/α-hetero) is 1. The summed E-state index contributed by atoms with van der Waals surface area (Å²) in [5.74, 6) is -0.265. The number of para-hydroxylation sites is 1. The molecule has 3 heterocycles. The van der Waals surface area contributed by atoms with Gasteiger partial charge in [-0.05, 0) is 32.3 Å². The van der Waals surface area contributed by atoms with Gasteiger partial charge in [-0.1, -0.05) is 30.3 Å². The molecule has 1 aromatic carbocycles. The van der Waals surface area contributed by atoms with Crippen molar-refractivity contribution in [3.63, 3.8) is 0 Å². The van der Waals surface area contributed by atoms with Crippen molar-refractivity contribution in [2.75, 3.05) is 13.1 Å². The lowest BCUT2D eigenvalue weighted by Crippen LogP contribution is -2.34. The number of carbonyl (C=O) groups excluding carboxylic acids is 2. The summed E-state index contributed by atoms with van der Waals surface area (Å²) in [6, 6.07) is 7.55. The van der Waals surface area contributed by atoms with E-state index in [0.717, 1.165) is 35.0 Å². The highest BCUT2D eigenvalue weighted by Crippen LogP contribution is 2.35. The second kappa shape index (κ2) is 6.44. The lowest BCUT2D eigenvalue weighted by Gasteiger charge is -2.14. The molecular formula is C20H21N3O3. The van der Waals surface area contributed by atoms with Crippen molar-refractivity contribution in [2.24, 2.45) is 0 Å². The maximum absolute atomic E-state index is 13.2. The smallest absolute Gasteiger partial charge is 0.295 e. The van der Waals surface area contributed by atoms with Gasteiger partial charge in [0, 0.05) is 24.0 Å². The number of benzene rings is 1. The number of fused-ring (bicyclic) bond motifs is 1. The summed E-state index contributed by atoms with van der Waals surface area (Å²) >= 11 is 0. The molecule has 0 bridgehead atoms. The number of hydrogen-bond donors (Lipinski definition) is 1. The van der Waals surface area contributed by atoms with E-state index in [0.29, 0.717) is 36.5 Å². The average Bonchev–Trinajstić information content (AvgIpc) is 3.38. The molecular weight excluding hydrogens is 330 g/mol. The van der Waals surface area contributed by atoms with Crippen LogP contribution in [0.3, 0.4) is 0 Å². The first kappa shape index (κ1) is 16.6. The molecule has 0 unspecified atom stereocenters. The van der Waals surface area contributed by atoms with E-state index in [1.54, 1.807) is 4.90 Å². The van der Waals surface area contributed by atoms with E-state index in [2.05, 4.69) is 10.1 Å². The topological polar surface area (TPSA) is 79.2 Å². The summed E-state index contributed by atoms with van der Waals surface area (Å²) in [7, 11) is 0. The molecule has 4 rings (SSSR count). The van der Waals surface area contributed by atoms with Crippen molar-refractivity contribution in [3.8, 4) is 11.3 Å². The lowest BCUT2D eigenvalue weighted by atomic mass is 9.99. The number of amides is 1. The number of hydrogen-bond acceptors (Lipinski definition) is 4. The molecule has 1 amide bonds. The number of nitrogens with zero attached hydrogens (tertiary/aromatic N) is 2. The Bertz CT molecular complexity index is 993. The predicted molar refractivity (Wildman–Crippen MR) is 98.1 cm³/mol. The van der Waals surface area contributed by atoms with Crippen LogP contribution in [0.15, 0.2) is 28.8 Å². The Labute approximate surface area is 151 Å². The van der Waals surface area contributed by atoms with Gasteiger partial charge in [-0.25, -0.2) is 0 Å². The van der Waals surface area contributed by atoms with Gasteiger partial charge >= 0.3 is 0 Å². The van der Waals surface area contributed by atoms with E-state index >= 15 is 0 Å². The predicted octanol–water partition coefficient (Wildman–Crippen LogP) is 3.50. The normalized spacial score (nSPS) is 14.3. The van der Waals surface area contributed by atoms with E-state index in [9.17, 15) is 9.59 Å². The zero-order valence-electron chi connectivity index (χ0n) is 15.0. The third-order valence-corrected chi connectivity index (χ3v) is 5.04. The number of likely N-dealkylation sites (tertiary alicyclic amines) is 1. The molecule has 1 aliphatic heterocycles. The highest BCUT2D eigenvalue weighted by molar-refractivity contribution is 6.46. The summed E-state index contributed by atoms with van der Waals surface area (Å²) in [6.45, 7) is 5.10. The van der Waals surface area contributed by atoms with Gasteiger partial charge in [-0.15, -0.1) is 0 Å². The fourth-order valence-corrected chi connectivity index (χ4v) is 3.72. The van der Waals surface area contributed by atoms with Crippen LogP contribution in [-0.4, -0.2) is 39.8 Å². The number of rotatable bonds is 4. The number of aromatic nitrogens is 2. The van der Waals surface area contributed by atoms with Crippen LogP contribution in [0.5, 0.6) is 0 Å². The molecule has 1 fully saturated rings. The molecule has 0 saturated carbocycles. The number of H-pyrrole nitrogens is 1. The molecule has 3 aromatic rings. The average molecular weight is 351 g/mol. The second-order valence-electron chi connectivity index (χ2n) is 6.66. The SMILES string of the molecule is CCc1noc(C)c1-c1[nH]c2ccccc2c1C(=O)C(=O)N1CCCC1. The van der Waals surface area contributed by atoms with Gasteiger partial charge in [0.1, 0.15) is 5.76 Å². The Hall–Kier alpha value is -2.89. The Balaban J connectivity index is 1.91. The molecule has 0 aliphatic carbocycles.